The Labute approximate surface area is 193 Å². The van der Waals surface area contributed by atoms with Gasteiger partial charge < -0.3 is 9.64 Å². The van der Waals surface area contributed by atoms with Gasteiger partial charge in [0.15, 0.2) is 6.10 Å². The van der Waals surface area contributed by atoms with E-state index in [1.54, 1.807) is 23.1 Å². The Balaban J connectivity index is 1.37. The maximum Gasteiger partial charge on any atom is 0.265 e. The fraction of sp³-hybridized carbons (Fsp3) is 0.348. The van der Waals surface area contributed by atoms with Crippen molar-refractivity contribution in [3.63, 3.8) is 0 Å². The molecular weight excluding hydrogens is 450 g/mol. The van der Waals surface area contributed by atoms with E-state index in [1.165, 1.54) is 4.31 Å². The van der Waals surface area contributed by atoms with Crippen LogP contribution in [0.2, 0.25) is 5.02 Å². The van der Waals surface area contributed by atoms with Gasteiger partial charge in [0.1, 0.15) is 5.75 Å². The quantitative estimate of drug-likeness (QED) is 0.665. The minimum absolute atomic E-state index is 0.0644. The van der Waals surface area contributed by atoms with Crippen molar-refractivity contribution in [3.8, 4) is 5.75 Å². The lowest BCUT2D eigenvalue weighted by atomic mass is 10.2. The highest BCUT2D eigenvalue weighted by Gasteiger charge is 2.37. The topological polar surface area (TPSA) is 70.2 Å². The van der Waals surface area contributed by atoms with Crippen LogP contribution in [0.5, 0.6) is 5.75 Å². The van der Waals surface area contributed by atoms with Crippen LogP contribution in [0.4, 0.5) is 5.69 Å². The predicted octanol–water partition coefficient (Wildman–Crippen LogP) is 2.72. The molecule has 0 radical (unpaired) electrons. The normalized spacial score (nSPS) is 19.6. The molecule has 0 unspecified atom stereocenters. The number of amides is 1. The molecule has 170 valence electrons. The van der Waals surface area contributed by atoms with E-state index in [9.17, 15) is 13.2 Å². The van der Waals surface area contributed by atoms with Crippen LogP contribution < -0.4 is 9.04 Å². The Kier molecular flexibility index (Phi) is 6.74. The number of hydrogen-bond donors (Lipinski definition) is 0. The first-order valence-corrected chi connectivity index (χ1v) is 12.7. The van der Waals surface area contributed by atoms with Crippen molar-refractivity contribution in [2.45, 2.75) is 6.10 Å². The highest BCUT2D eigenvalue weighted by Crippen LogP contribution is 2.37. The molecule has 7 nitrogen and oxygen atoms in total. The molecule has 2 aliphatic heterocycles. The largest absolute Gasteiger partial charge is 0.476 e. The number of ether oxygens (including phenoxy) is 1. The van der Waals surface area contributed by atoms with E-state index in [4.69, 9.17) is 16.3 Å². The highest BCUT2D eigenvalue weighted by molar-refractivity contribution is 7.92. The molecule has 0 spiro atoms. The molecule has 2 aromatic rings. The van der Waals surface area contributed by atoms with Crippen molar-refractivity contribution in [2.24, 2.45) is 0 Å². The average Bonchev–Trinajstić information content (AvgIpc) is 2.78. The van der Waals surface area contributed by atoms with Gasteiger partial charge in [-0.2, -0.15) is 0 Å². The number of hydrogen-bond acceptors (Lipinski definition) is 5. The fourth-order valence-corrected chi connectivity index (χ4v) is 5.00. The van der Waals surface area contributed by atoms with Crippen molar-refractivity contribution >= 4 is 39.3 Å². The molecule has 2 heterocycles. The van der Waals surface area contributed by atoms with Crippen LogP contribution in [0.25, 0.3) is 6.08 Å². The van der Waals surface area contributed by atoms with Gasteiger partial charge in [0.25, 0.3) is 5.91 Å². The van der Waals surface area contributed by atoms with Crippen molar-refractivity contribution in [1.82, 2.24) is 9.80 Å². The number of carbonyl (C=O) groups excluding carboxylic acids is 1. The summed E-state index contributed by atoms with van der Waals surface area (Å²) in [5.41, 5.74) is 1.52. The summed E-state index contributed by atoms with van der Waals surface area (Å²) in [5, 5.41) is 0.406. The minimum Gasteiger partial charge on any atom is -0.476 e. The Bertz CT molecular complexity index is 1100. The third-order valence-electron chi connectivity index (χ3n) is 5.62. The molecule has 32 heavy (non-hydrogen) atoms. The van der Waals surface area contributed by atoms with Gasteiger partial charge in [-0.1, -0.05) is 54.1 Å². The molecule has 0 aromatic heterocycles. The molecule has 2 aromatic carbocycles. The lowest BCUT2D eigenvalue weighted by Gasteiger charge is -2.39. The van der Waals surface area contributed by atoms with Gasteiger partial charge in [-0.05, 0) is 23.8 Å². The summed E-state index contributed by atoms with van der Waals surface area (Å²) in [7, 11) is -3.59. The van der Waals surface area contributed by atoms with Crippen LogP contribution in [-0.2, 0) is 14.8 Å². The number of piperazine rings is 1. The Hall–Kier alpha value is -2.55. The maximum atomic E-state index is 13.1. The van der Waals surface area contributed by atoms with Crippen LogP contribution in [0, 0.1) is 0 Å². The number of anilines is 1. The van der Waals surface area contributed by atoms with E-state index in [2.05, 4.69) is 29.2 Å². The van der Waals surface area contributed by atoms with Gasteiger partial charge in [0.05, 0.1) is 18.5 Å². The molecular formula is C23H26ClN3O4S. The standard InChI is InChI=1S/C23H26ClN3O4S/c1-32(29,30)27-17-22(31-21-10-9-19(24)16-20(21)27)23(28)26-14-12-25(13-15-26)11-5-8-18-6-3-2-4-7-18/h2-10,16,22H,11-15,17H2,1H3/b8-5+/t22-/m0/s1. The lowest BCUT2D eigenvalue weighted by Crippen LogP contribution is -2.56. The van der Waals surface area contributed by atoms with Crippen molar-refractivity contribution in [2.75, 3.05) is 49.8 Å². The van der Waals surface area contributed by atoms with Gasteiger partial charge in [-0.25, -0.2) is 8.42 Å². The summed E-state index contributed by atoms with van der Waals surface area (Å²) >= 11 is 6.04. The summed E-state index contributed by atoms with van der Waals surface area (Å²) in [5.74, 6) is 0.146. The second-order valence-corrected chi connectivity index (χ2v) is 10.3. The van der Waals surface area contributed by atoms with Gasteiger partial charge in [0, 0.05) is 37.7 Å². The van der Waals surface area contributed by atoms with E-state index in [0.29, 0.717) is 29.5 Å². The van der Waals surface area contributed by atoms with Gasteiger partial charge in [0.2, 0.25) is 10.0 Å². The summed E-state index contributed by atoms with van der Waals surface area (Å²) in [4.78, 5) is 17.2. The smallest absolute Gasteiger partial charge is 0.265 e. The number of benzene rings is 2. The number of sulfonamides is 1. The number of fused-ring (bicyclic) bond motifs is 1. The van der Waals surface area contributed by atoms with Crippen LogP contribution in [0.15, 0.2) is 54.6 Å². The van der Waals surface area contributed by atoms with E-state index < -0.39 is 16.1 Å². The summed E-state index contributed by atoms with van der Waals surface area (Å²) < 4.78 is 31.8. The molecule has 1 atom stereocenters. The Morgan fingerprint density at radius 2 is 1.84 bits per heavy atom. The van der Waals surface area contributed by atoms with Gasteiger partial charge >= 0.3 is 0 Å². The summed E-state index contributed by atoms with van der Waals surface area (Å²) in [6, 6.07) is 14.9. The molecule has 0 saturated carbocycles. The molecule has 0 N–H and O–H groups in total. The molecule has 0 bridgehead atoms. The number of nitrogens with zero attached hydrogens (tertiary/aromatic N) is 3. The number of rotatable bonds is 5. The highest BCUT2D eigenvalue weighted by atomic mass is 35.5. The van der Waals surface area contributed by atoms with Gasteiger partial charge in [-0.3, -0.25) is 14.0 Å². The van der Waals surface area contributed by atoms with E-state index in [-0.39, 0.29) is 12.5 Å². The Morgan fingerprint density at radius 3 is 2.53 bits per heavy atom. The predicted molar refractivity (Wildman–Crippen MR) is 127 cm³/mol. The second kappa shape index (κ2) is 9.52. The summed E-state index contributed by atoms with van der Waals surface area (Å²) in [6.45, 7) is 3.39. The first kappa shape index (κ1) is 22.6. The molecule has 4 rings (SSSR count). The van der Waals surface area contributed by atoms with Crippen LogP contribution >= 0.6 is 11.6 Å². The fourth-order valence-electron chi connectivity index (χ4n) is 3.92. The molecule has 2 aliphatic rings. The Morgan fingerprint density at radius 1 is 1.12 bits per heavy atom. The van der Waals surface area contributed by atoms with E-state index >= 15 is 0 Å². The van der Waals surface area contributed by atoms with Crippen LogP contribution in [0.1, 0.15) is 5.56 Å². The zero-order chi connectivity index (χ0) is 22.7. The average molecular weight is 476 g/mol. The first-order chi connectivity index (χ1) is 15.3. The van der Waals surface area contributed by atoms with Crippen molar-refractivity contribution < 1.29 is 17.9 Å². The minimum atomic E-state index is -3.59. The first-order valence-electron chi connectivity index (χ1n) is 10.5. The monoisotopic (exact) mass is 475 g/mol. The number of carbonyl (C=O) groups is 1. The van der Waals surface area contributed by atoms with Crippen LogP contribution in [-0.4, -0.2) is 75.8 Å². The van der Waals surface area contributed by atoms with E-state index in [0.717, 1.165) is 31.5 Å². The molecule has 9 heteroatoms. The van der Waals surface area contributed by atoms with Gasteiger partial charge in [-0.15, -0.1) is 0 Å². The second-order valence-electron chi connectivity index (χ2n) is 7.95. The van der Waals surface area contributed by atoms with E-state index in [1.807, 2.05) is 18.2 Å². The molecule has 1 fully saturated rings. The maximum absolute atomic E-state index is 13.1. The summed E-state index contributed by atoms with van der Waals surface area (Å²) in [6.07, 6.45) is 4.45. The third kappa shape index (κ3) is 5.26. The number of halogens is 1. The van der Waals surface area contributed by atoms with Crippen molar-refractivity contribution in [1.29, 1.82) is 0 Å². The SMILES string of the molecule is CS(=O)(=O)N1C[C@@H](C(=O)N2CCN(C/C=C/c3ccccc3)CC2)Oc2ccc(Cl)cc21. The molecule has 1 amide bonds. The van der Waals surface area contributed by atoms with Crippen LogP contribution in [0.3, 0.4) is 0 Å². The molecule has 1 saturated heterocycles. The lowest BCUT2D eigenvalue weighted by molar-refractivity contribution is -0.140. The molecule has 0 aliphatic carbocycles. The third-order valence-corrected chi connectivity index (χ3v) is 7.01. The zero-order valence-corrected chi connectivity index (χ0v) is 19.4. The van der Waals surface area contributed by atoms with Crippen molar-refractivity contribution in [3.05, 3.63) is 65.2 Å². The zero-order valence-electron chi connectivity index (χ0n) is 17.9.